The average molecular weight is 455 g/mol. The number of hydrogen-bond acceptors (Lipinski definition) is 7. The van der Waals surface area contributed by atoms with E-state index in [1.807, 2.05) is 12.1 Å². The summed E-state index contributed by atoms with van der Waals surface area (Å²) >= 11 is 6.07. The van der Waals surface area contributed by atoms with Gasteiger partial charge in [-0.2, -0.15) is 15.8 Å². The molecule has 33 heavy (non-hydrogen) atoms. The molecule has 0 atom stereocenters. The molecule has 0 saturated heterocycles. The molecular formula is C25H15ClN4O3. The summed E-state index contributed by atoms with van der Waals surface area (Å²) in [6, 6.07) is 22.2. The minimum atomic E-state index is -0.490. The van der Waals surface area contributed by atoms with E-state index in [1.165, 1.54) is 6.08 Å². The Morgan fingerprint density at radius 1 is 1.00 bits per heavy atom. The second kappa shape index (κ2) is 10.5. The molecule has 0 aliphatic carbocycles. The van der Waals surface area contributed by atoms with Crippen molar-refractivity contribution in [1.82, 2.24) is 0 Å². The van der Waals surface area contributed by atoms with Crippen molar-refractivity contribution < 1.29 is 13.9 Å². The highest BCUT2D eigenvalue weighted by molar-refractivity contribution is 6.31. The summed E-state index contributed by atoms with van der Waals surface area (Å²) in [7, 11) is 0. The van der Waals surface area contributed by atoms with Crippen LogP contribution in [0.25, 0.3) is 17.4 Å². The van der Waals surface area contributed by atoms with Crippen LogP contribution in [0.3, 0.4) is 0 Å². The summed E-state index contributed by atoms with van der Waals surface area (Å²) in [4.78, 5) is 12.3. The van der Waals surface area contributed by atoms with E-state index in [9.17, 15) is 10.1 Å². The number of rotatable bonds is 6. The Hall–Kier alpha value is -4.77. The van der Waals surface area contributed by atoms with E-state index < -0.39 is 5.97 Å². The lowest BCUT2D eigenvalue weighted by molar-refractivity contribution is 0.0473. The number of nitriles is 3. The van der Waals surface area contributed by atoms with Gasteiger partial charge in [-0.05, 0) is 30.3 Å². The smallest absolute Gasteiger partial charge is 0.338 e. The molecule has 8 heteroatoms. The maximum atomic E-state index is 12.3. The van der Waals surface area contributed by atoms with Crippen LogP contribution < -0.4 is 5.73 Å². The minimum absolute atomic E-state index is 0.0618. The Bertz CT molecular complexity index is 1360. The van der Waals surface area contributed by atoms with E-state index in [1.54, 1.807) is 66.7 Å². The normalized spacial score (nSPS) is 10.4. The lowest BCUT2D eigenvalue weighted by Gasteiger charge is -2.07. The Morgan fingerprint density at radius 2 is 1.70 bits per heavy atom. The Morgan fingerprint density at radius 3 is 2.33 bits per heavy atom. The largest absolute Gasteiger partial charge is 0.457 e. The molecule has 2 aromatic carbocycles. The van der Waals surface area contributed by atoms with E-state index in [-0.39, 0.29) is 23.5 Å². The van der Waals surface area contributed by atoms with Crippen LogP contribution in [0.5, 0.6) is 0 Å². The molecule has 0 saturated carbocycles. The van der Waals surface area contributed by atoms with Crippen molar-refractivity contribution in [2.24, 2.45) is 5.73 Å². The maximum absolute atomic E-state index is 12.3. The third-order valence-corrected chi connectivity index (χ3v) is 4.91. The third-order valence-electron chi connectivity index (χ3n) is 4.54. The number of allylic oxidation sites excluding steroid dienone is 2. The van der Waals surface area contributed by atoms with Crippen LogP contribution in [0.15, 0.2) is 81.9 Å². The molecule has 0 spiro atoms. The van der Waals surface area contributed by atoms with Gasteiger partial charge in [-0.1, -0.05) is 41.9 Å². The summed E-state index contributed by atoms with van der Waals surface area (Å²) < 4.78 is 11.0. The topological polar surface area (TPSA) is 137 Å². The van der Waals surface area contributed by atoms with E-state index in [0.29, 0.717) is 33.2 Å². The van der Waals surface area contributed by atoms with Gasteiger partial charge in [0.1, 0.15) is 36.3 Å². The highest BCUT2D eigenvalue weighted by Crippen LogP contribution is 2.25. The van der Waals surface area contributed by atoms with E-state index in [2.05, 4.69) is 0 Å². The van der Waals surface area contributed by atoms with Gasteiger partial charge in [-0.15, -0.1) is 0 Å². The number of carbonyl (C=O) groups is 1. The van der Waals surface area contributed by atoms with Crippen molar-refractivity contribution in [3.05, 3.63) is 99.4 Å². The summed E-state index contributed by atoms with van der Waals surface area (Å²) in [6.45, 7) is 0.0618. The van der Waals surface area contributed by atoms with E-state index in [4.69, 9.17) is 37.0 Å². The van der Waals surface area contributed by atoms with Crippen molar-refractivity contribution in [3.63, 3.8) is 0 Å². The quantitative estimate of drug-likeness (QED) is 0.309. The lowest BCUT2D eigenvalue weighted by atomic mass is 10.1. The van der Waals surface area contributed by atoms with Crippen LogP contribution in [-0.4, -0.2) is 5.97 Å². The number of ether oxygens (including phenoxy) is 1. The molecular weight excluding hydrogens is 440 g/mol. The van der Waals surface area contributed by atoms with Crippen LogP contribution in [0.2, 0.25) is 5.02 Å². The first kappa shape index (κ1) is 22.9. The molecule has 160 valence electrons. The second-order valence-corrected chi connectivity index (χ2v) is 7.04. The summed E-state index contributed by atoms with van der Waals surface area (Å²) in [5, 5.41) is 27.6. The van der Waals surface area contributed by atoms with Gasteiger partial charge in [0.05, 0.1) is 16.8 Å². The van der Waals surface area contributed by atoms with Crippen LogP contribution >= 0.6 is 11.6 Å². The molecule has 3 aromatic rings. The van der Waals surface area contributed by atoms with Gasteiger partial charge in [0.15, 0.2) is 5.57 Å². The highest BCUT2D eigenvalue weighted by atomic mass is 35.5. The summed E-state index contributed by atoms with van der Waals surface area (Å²) in [5.74, 6) is 0.303. The second-order valence-electron chi connectivity index (χ2n) is 6.63. The first-order valence-corrected chi connectivity index (χ1v) is 9.87. The van der Waals surface area contributed by atoms with Gasteiger partial charge < -0.3 is 14.9 Å². The molecule has 0 aliphatic heterocycles. The fraction of sp³-hybridized carbons (Fsp3) is 0.0400. The predicted molar refractivity (Wildman–Crippen MR) is 121 cm³/mol. The fourth-order valence-electron chi connectivity index (χ4n) is 2.79. The number of benzene rings is 2. The molecule has 1 aromatic heterocycles. The number of furan rings is 1. The van der Waals surface area contributed by atoms with Crippen molar-refractivity contribution in [3.8, 4) is 29.5 Å². The van der Waals surface area contributed by atoms with Crippen molar-refractivity contribution >= 4 is 23.6 Å². The van der Waals surface area contributed by atoms with Crippen molar-refractivity contribution in [2.75, 3.05) is 0 Å². The van der Waals surface area contributed by atoms with Crippen molar-refractivity contribution in [1.29, 1.82) is 15.8 Å². The monoisotopic (exact) mass is 454 g/mol. The number of hydrogen-bond donors (Lipinski definition) is 1. The zero-order chi connectivity index (χ0) is 23.8. The van der Waals surface area contributed by atoms with Gasteiger partial charge in [-0.25, -0.2) is 4.79 Å². The predicted octanol–water partition coefficient (Wildman–Crippen LogP) is 5.12. The van der Waals surface area contributed by atoms with Gasteiger partial charge in [0, 0.05) is 22.2 Å². The minimum Gasteiger partial charge on any atom is -0.457 e. The first-order valence-electron chi connectivity index (χ1n) is 9.49. The first-order chi connectivity index (χ1) is 16.0. The molecule has 0 aliphatic rings. The zero-order valence-corrected chi connectivity index (χ0v) is 17.8. The molecule has 7 nitrogen and oxygen atoms in total. The van der Waals surface area contributed by atoms with Gasteiger partial charge >= 0.3 is 5.97 Å². The number of nitrogens with zero attached hydrogens (tertiary/aromatic N) is 3. The highest BCUT2D eigenvalue weighted by Gasteiger charge is 2.12. The van der Waals surface area contributed by atoms with E-state index >= 15 is 0 Å². The zero-order valence-electron chi connectivity index (χ0n) is 17.1. The number of carbonyl (C=O) groups excluding carboxylic acids is 1. The summed E-state index contributed by atoms with van der Waals surface area (Å²) in [5.41, 5.74) is 6.85. The Balaban J connectivity index is 1.73. The summed E-state index contributed by atoms with van der Waals surface area (Å²) in [6.07, 6.45) is 1.34. The number of halogens is 1. The molecule has 3 rings (SSSR count). The van der Waals surface area contributed by atoms with Gasteiger partial charge in [0.2, 0.25) is 0 Å². The Labute approximate surface area is 194 Å². The van der Waals surface area contributed by atoms with Crippen LogP contribution in [0, 0.1) is 34.0 Å². The van der Waals surface area contributed by atoms with Crippen LogP contribution in [0.4, 0.5) is 0 Å². The molecule has 1 heterocycles. The van der Waals surface area contributed by atoms with Crippen LogP contribution in [-0.2, 0) is 11.3 Å². The average Bonchev–Trinajstić information content (AvgIpc) is 3.31. The van der Waals surface area contributed by atoms with Gasteiger partial charge in [-0.3, -0.25) is 0 Å². The van der Waals surface area contributed by atoms with Gasteiger partial charge in [0.25, 0.3) is 0 Å². The molecule has 0 fully saturated rings. The van der Waals surface area contributed by atoms with E-state index in [0.717, 1.165) is 0 Å². The standard InChI is InChI=1S/C25H15ClN4O3/c26-22-4-2-1-3-18(22)15-32-25(31)17-7-5-16(6-8-17)23-10-9-21(33-23)11-19(12-27)24(30)20(13-28)14-29/h1-11H,15,30H2. The van der Waals surface area contributed by atoms with Crippen LogP contribution in [0.1, 0.15) is 21.7 Å². The lowest BCUT2D eigenvalue weighted by Crippen LogP contribution is -2.05. The SMILES string of the molecule is N#CC(=Cc1ccc(-c2ccc(C(=O)OCc3ccccc3Cl)cc2)o1)C(N)=C(C#N)C#N. The molecule has 0 radical (unpaired) electrons. The number of esters is 1. The number of nitrogens with two attached hydrogens (primary N) is 1. The molecule has 0 bridgehead atoms. The Kier molecular flexibility index (Phi) is 7.29. The molecule has 0 amide bonds. The third kappa shape index (κ3) is 5.48. The maximum Gasteiger partial charge on any atom is 0.338 e. The molecule has 2 N–H and O–H groups in total. The fourth-order valence-corrected chi connectivity index (χ4v) is 2.98. The molecule has 0 unspecified atom stereocenters. The van der Waals surface area contributed by atoms with Crippen molar-refractivity contribution in [2.45, 2.75) is 6.61 Å².